The maximum atomic E-state index is 14.5. The number of rotatable bonds is 6. The van der Waals surface area contributed by atoms with E-state index >= 15 is 0 Å². The number of carbonyl (C=O) groups is 1. The van der Waals surface area contributed by atoms with Crippen molar-refractivity contribution < 1.29 is 18.1 Å². The van der Waals surface area contributed by atoms with Gasteiger partial charge in [0.05, 0.1) is 11.7 Å². The molecule has 0 fully saturated rings. The molecule has 6 nitrogen and oxygen atoms in total. The molecule has 1 heterocycles. The monoisotopic (exact) mass is 487 g/mol. The molecule has 3 N–H and O–H groups in total. The first kappa shape index (κ1) is 25.6. The number of carbonyl (C=O) groups excluding carboxylic acids is 1. The number of pyridine rings is 1. The topological polar surface area (TPSA) is 100 Å². The van der Waals surface area contributed by atoms with E-state index in [0.717, 1.165) is 18.2 Å². The number of ketones is 1. The van der Waals surface area contributed by atoms with Gasteiger partial charge in [-0.3, -0.25) is 9.59 Å². The fraction of sp³-hybridized carbons (Fsp3) is 0.280. The smallest absolute Gasteiger partial charge is 0.250 e. The first-order chi connectivity index (χ1) is 15.8. The van der Waals surface area contributed by atoms with E-state index in [9.17, 15) is 22.9 Å². The highest BCUT2D eigenvalue weighted by Gasteiger charge is 2.30. The van der Waals surface area contributed by atoms with Crippen molar-refractivity contribution in [3.05, 3.63) is 87.3 Å². The van der Waals surface area contributed by atoms with Gasteiger partial charge in [-0.15, -0.1) is 4.72 Å². The molecule has 2 atom stereocenters. The van der Waals surface area contributed by atoms with Crippen LogP contribution in [0.25, 0.3) is 11.1 Å². The molecule has 0 saturated heterocycles. The third-order valence-corrected chi connectivity index (χ3v) is 7.02. The van der Waals surface area contributed by atoms with Crippen LogP contribution in [0.1, 0.15) is 55.2 Å². The number of nitrogens with two attached hydrogens (primary N) is 1. The van der Waals surface area contributed by atoms with Gasteiger partial charge >= 0.3 is 0 Å². The number of hydrogen-bond donors (Lipinski definition) is 2. The molecule has 0 unspecified atom stereocenters. The normalized spacial score (nSPS) is 13.5. The molecule has 1 aromatic heterocycles. The van der Waals surface area contributed by atoms with Gasteiger partial charge in [-0.05, 0) is 75.2 Å². The van der Waals surface area contributed by atoms with Gasteiger partial charge in [-0.1, -0.05) is 0 Å². The van der Waals surface area contributed by atoms with E-state index < -0.39 is 39.6 Å². The Morgan fingerprint density at radius 1 is 1.12 bits per heavy atom. The first-order valence-electron chi connectivity index (χ1n) is 10.6. The molecule has 0 amide bonds. The summed E-state index contributed by atoms with van der Waals surface area (Å²) in [5, 5.41) is 0. The van der Waals surface area contributed by atoms with Gasteiger partial charge in [0.25, 0.3) is 5.56 Å². The molecule has 0 bridgehead atoms. The zero-order valence-electron chi connectivity index (χ0n) is 19.6. The predicted octanol–water partition coefficient (Wildman–Crippen LogP) is 4.26. The van der Waals surface area contributed by atoms with Crippen LogP contribution >= 0.6 is 0 Å². The second-order valence-electron chi connectivity index (χ2n) is 9.07. The van der Waals surface area contributed by atoms with E-state index in [1.807, 2.05) is 20.8 Å². The van der Waals surface area contributed by atoms with Crippen LogP contribution in [0.5, 0.6) is 0 Å². The molecule has 0 saturated carbocycles. The van der Waals surface area contributed by atoms with Gasteiger partial charge in [0.1, 0.15) is 16.4 Å². The average Bonchev–Trinajstić information content (AvgIpc) is 2.76. The van der Waals surface area contributed by atoms with Gasteiger partial charge < -0.3 is 14.9 Å². The summed E-state index contributed by atoms with van der Waals surface area (Å²) in [5.74, 6) is -1.82. The Morgan fingerprint density at radius 2 is 1.74 bits per heavy atom. The van der Waals surface area contributed by atoms with Crippen molar-refractivity contribution in [1.82, 2.24) is 9.29 Å². The van der Waals surface area contributed by atoms with E-state index in [1.165, 1.54) is 35.0 Å². The predicted molar refractivity (Wildman–Crippen MR) is 131 cm³/mol. The molecule has 0 spiro atoms. The molecule has 34 heavy (non-hydrogen) atoms. The Hall–Kier alpha value is -3.01. The largest absolute Gasteiger partial charge is 0.598 e. The summed E-state index contributed by atoms with van der Waals surface area (Å²) in [6.45, 7) is 7.19. The number of nitrogens with zero attached hydrogens (tertiary/aromatic N) is 1. The highest BCUT2D eigenvalue weighted by Crippen LogP contribution is 2.34. The summed E-state index contributed by atoms with van der Waals surface area (Å²) in [7, 11) is 1.55. The van der Waals surface area contributed by atoms with E-state index in [2.05, 4.69) is 4.72 Å². The van der Waals surface area contributed by atoms with Gasteiger partial charge in [0.2, 0.25) is 0 Å². The maximum Gasteiger partial charge on any atom is 0.250 e. The molecule has 0 radical (unpaired) electrons. The van der Waals surface area contributed by atoms with Crippen LogP contribution in [0.3, 0.4) is 0 Å². The van der Waals surface area contributed by atoms with Crippen molar-refractivity contribution in [2.24, 2.45) is 7.05 Å². The Labute approximate surface area is 200 Å². The van der Waals surface area contributed by atoms with E-state index in [1.54, 1.807) is 14.0 Å². The van der Waals surface area contributed by atoms with Crippen LogP contribution < -0.4 is 16.0 Å². The van der Waals surface area contributed by atoms with Gasteiger partial charge in [-0.25, -0.2) is 8.78 Å². The molecule has 2 aromatic carbocycles. The lowest BCUT2D eigenvalue weighted by Crippen LogP contribution is -2.41. The Balaban J connectivity index is 2.22. The van der Waals surface area contributed by atoms with Crippen LogP contribution in [0.4, 0.5) is 14.5 Å². The number of aromatic nitrogens is 1. The summed E-state index contributed by atoms with van der Waals surface area (Å²) < 4.78 is 44.3. The highest BCUT2D eigenvalue weighted by molar-refractivity contribution is 7.90. The number of benzene rings is 2. The summed E-state index contributed by atoms with van der Waals surface area (Å²) in [6.07, 6.45) is 1.53. The molecule has 0 aliphatic carbocycles. The van der Waals surface area contributed by atoms with Crippen molar-refractivity contribution in [2.45, 2.75) is 38.5 Å². The quantitative estimate of drug-likeness (QED) is 0.308. The lowest BCUT2D eigenvalue weighted by atomic mass is 9.90. The van der Waals surface area contributed by atoms with Gasteiger partial charge in [0, 0.05) is 47.4 Å². The molecular formula is C25H27F2N3O3S. The number of hydrogen-bond acceptors (Lipinski definition) is 5. The summed E-state index contributed by atoms with van der Waals surface area (Å²) in [4.78, 5) is 25.8. The van der Waals surface area contributed by atoms with E-state index in [-0.39, 0.29) is 22.4 Å². The molecule has 0 aliphatic rings. The summed E-state index contributed by atoms with van der Waals surface area (Å²) in [6, 6.07) is 8.13. The summed E-state index contributed by atoms with van der Waals surface area (Å²) >= 11 is -1.44. The number of aryl methyl sites for hydroxylation is 1. The minimum absolute atomic E-state index is 0.00218. The molecule has 0 aliphatic heterocycles. The zero-order valence-corrected chi connectivity index (χ0v) is 20.4. The Morgan fingerprint density at radius 3 is 2.32 bits per heavy atom. The average molecular weight is 488 g/mol. The molecular weight excluding hydrogens is 460 g/mol. The van der Waals surface area contributed by atoms with Gasteiger partial charge in [-0.2, -0.15) is 0 Å². The number of nitrogens with one attached hydrogen (secondary N) is 1. The van der Waals surface area contributed by atoms with E-state index in [4.69, 9.17) is 5.73 Å². The Kier molecular flexibility index (Phi) is 7.30. The van der Waals surface area contributed by atoms with Crippen LogP contribution in [-0.2, 0) is 18.4 Å². The van der Waals surface area contributed by atoms with E-state index in [0.29, 0.717) is 16.7 Å². The molecule has 3 rings (SSSR count). The van der Waals surface area contributed by atoms with Crippen LogP contribution in [-0.4, -0.2) is 19.7 Å². The lowest BCUT2D eigenvalue weighted by molar-refractivity contribution is 0.103. The van der Waals surface area contributed by atoms with Crippen molar-refractivity contribution >= 4 is 22.8 Å². The van der Waals surface area contributed by atoms with Crippen molar-refractivity contribution in [2.75, 3.05) is 5.73 Å². The lowest BCUT2D eigenvalue weighted by Gasteiger charge is -2.27. The first-order valence-corrected chi connectivity index (χ1v) is 11.7. The highest BCUT2D eigenvalue weighted by atomic mass is 32.2. The van der Waals surface area contributed by atoms with Crippen molar-refractivity contribution in [3.63, 3.8) is 0 Å². The number of nitrogen functional groups attached to an aromatic ring is 1. The number of anilines is 1. The second-order valence-corrected chi connectivity index (χ2v) is 11.1. The SMILES string of the molecule is C[C@H](N[S@@+]([O-])C(C)(C)C)c1cc(=O)n(C)cc1-c1cc(N)c(F)cc1C(=O)c1ccc(F)cc1. The van der Waals surface area contributed by atoms with Crippen LogP contribution in [0, 0.1) is 11.6 Å². The maximum absolute atomic E-state index is 14.5. The third kappa shape index (κ3) is 5.38. The fourth-order valence-corrected chi connectivity index (χ4v) is 4.19. The van der Waals surface area contributed by atoms with Crippen molar-refractivity contribution in [3.8, 4) is 11.1 Å². The molecule has 9 heteroatoms. The minimum Gasteiger partial charge on any atom is -0.598 e. The minimum atomic E-state index is -1.44. The Bertz CT molecular complexity index is 1280. The fourth-order valence-electron chi connectivity index (χ4n) is 3.39. The zero-order chi connectivity index (χ0) is 25.4. The van der Waals surface area contributed by atoms with Crippen LogP contribution in [0.15, 0.2) is 53.5 Å². The third-order valence-electron chi connectivity index (χ3n) is 5.34. The second kappa shape index (κ2) is 9.69. The number of halogens is 2. The molecule has 180 valence electrons. The molecule has 3 aromatic rings. The van der Waals surface area contributed by atoms with Crippen LogP contribution in [0.2, 0.25) is 0 Å². The van der Waals surface area contributed by atoms with Gasteiger partial charge in [0.15, 0.2) is 5.78 Å². The summed E-state index contributed by atoms with van der Waals surface area (Å²) in [5.41, 5.74) is 6.75. The standard InChI is InChI=1S/C25H27F2N3O3S/c1-14(29-34(33)25(2,3)4)17-12-23(31)30(5)13-20(17)18-11-22(28)21(27)10-19(18)24(32)15-6-8-16(26)9-7-15/h6-14,29H,28H2,1-5H3/t14-,34-/m0/s1. The van der Waals surface area contributed by atoms with Crippen molar-refractivity contribution in [1.29, 1.82) is 0 Å².